The van der Waals surface area contributed by atoms with Crippen molar-refractivity contribution in [2.45, 2.75) is 23.9 Å². The van der Waals surface area contributed by atoms with E-state index in [1.807, 2.05) is 84.9 Å². The molecule has 0 spiro atoms. The Bertz CT molecular complexity index is 1340. The lowest BCUT2D eigenvalue weighted by Gasteiger charge is -2.37. The molecule has 3 aromatic carbocycles. The predicted molar refractivity (Wildman–Crippen MR) is 139 cm³/mol. The molecule has 1 saturated heterocycles. The van der Waals surface area contributed by atoms with E-state index in [9.17, 15) is 9.90 Å². The van der Waals surface area contributed by atoms with Crippen molar-refractivity contribution in [1.29, 1.82) is 0 Å². The minimum absolute atomic E-state index is 0.0740. The minimum atomic E-state index is -0.991. The van der Waals surface area contributed by atoms with Crippen LogP contribution in [0.25, 0.3) is 0 Å². The van der Waals surface area contributed by atoms with Crippen LogP contribution >= 0.6 is 0 Å². The lowest BCUT2D eigenvalue weighted by atomic mass is 9.80. The highest BCUT2D eigenvalue weighted by atomic mass is 16.6. The summed E-state index contributed by atoms with van der Waals surface area (Å²) in [6.45, 7) is 0.220. The smallest absolute Gasteiger partial charge is 0.349 e. The van der Waals surface area contributed by atoms with Gasteiger partial charge in [-0.3, -0.25) is 4.57 Å². The van der Waals surface area contributed by atoms with Crippen molar-refractivity contribution in [2.24, 2.45) is 0 Å². The van der Waals surface area contributed by atoms with Gasteiger partial charge in [0, 0.05) is 6.20 Å². The van der Waals surface area contributed by atoms with E-state index < -0.39 is 29.5 Å². The van der Waals surface area contributed by atoms with Crippen LogP contribution in [0.15, 0.2) is 102 Å². The Hall–Kier alpha value is -3.98. The van der Waals surface area contributed by atoms with E-state index in [-0.39, 0.29) is 19.0 Å². The van der Waals surface area contributed by atoms with E-state index in [0.717, 1.165) is 22.4 Å². The SMILES string of the molecule is COc1ccc(C(OCC2OCC(n3ccc(N)nc3=O)C2O)(c2ccccc2)c2ccccc2)cc1. The van der Waals surface area contributed by atoms with E-state index in [1.165, 1.54) is 16.8 Å². The fourth-order valence-electron chi connectivity index (χ4n) is 4.87. The molecule has 5 rings (SSSR count). The number of nitrogens with zero attached hydrogens (tertiary/aromatic N) is 2. The number of aromatic nitrogens is 2. The first-order chi connectivity index (χ1) is 18.0. The number of benzene rings is 3. The highest BCUT2D eigenvalue weighted by molar-refractivity contribution is 5.48. The number of hydrogen-bond donors (Lipinski definition) is 2. The molecule has 0 aliphatic carbocycles. The fraction of sp³-hybridized carbons (Fsp3) is 0.241. The van der Waals surface area contributed by atoms with E-state index in [2.05, 4.69) is 4.98 Å². The Morgan fingerprint density at radius 1 is 0.973 bits per heavy atom. The van der Waals surface area contributed by atoms with Crippen LogP contribution in [0.2, 0.25) is 0 Å². The number of ether oxygens (including phenoxy) is 3. The third kappa shape index (κ3) is 4.74. The maximum Gasteiger partial charge on any atom is 0.349 e. The molecule has 8 heteroatoms. The van der Waals surface area contributed by atoms with Crippen LogP contribution in [0, 0.1) is 0 Å². The molecule has 0 bridgehead atoms. The zero-order valence-electron chi connectivity index (χ0n) is 20.4. The topological polar surface area (TPSA) is 109 Å². The van der Waals surface area contributed by atoms with Gasteiger partial charge < -0.3 is 25.1 Å². The van der Waals surface area contributed by atoms with Gasteiger partial charge in [-0.1, -0.05) is 72.8 Å². The molecule has 1 aromatic heterocycles. The summed E-state index contributed by atoms with van der Waals surface area (Å²) in [5, 5.41) is 11.1. The maximum atomic E-state index is 12.4. The van der Waals surface area contributed by atoms with Gasteiger partial charge in [-0.05, 0) is 34.9 Å². The van der Waals surface area contributed by atoms with Crippen molar-refractivity contribution in [3.8, 4) is 5.75 Å². The molecule has 0 amide bonds. The first kappa shape index (κ1) is 24.7. The van der Waals surface area contributed by atoms with Crippen LogP contribution in [0.3, 0.4) is 0 Å². The average molecular weight is 500 g/mol. The predicted octanol–water partition coefficient (Wildman–Crippen LogP) is 3.14. The van der Waals surface area contributed by atoms with E-state index in [1.54, 1.807) is 7.11 Å². The van der Waals surface area contributed by atoms with Crippen molar-refractivity contribution in [1.82, 2.24) is 9.55 Å². The summed E-state index contributed by atoms with van der Waals surface area (Å²) < 4.78 is 19.5. The summed E-state index contributed by atoms with van der Waals surface area (Å²) >= 11 is 0. The van der Waals surface area contributed by atoms with Crippen LogP contribution in [0.5, 0.6) is 5.75 Å². The van der Waals surface area contributed by atoms with Crippen LogP contribution in [0.4, 0.5) is 5.82 Å². The number of rotatable bonds is 8. The van der Waals surface area contributed by atoms with Gasteiger partial charge in [-0.25, -0.2) is 4.79 Å². The maximum absolute atomic E-state index is 12.4. The Morgan fingerprint density at radius 2 is 1.57 bits per heavy atom. The third-order valence-electron chi connectivity index (χ3n) is 6.79. The molecule has 3 N–H and O–H groups in total. The van der Waals surface area contributed by atoms with Crippen LogP contribution in [-0.2, 0) is 15.1 Å². The zero-order chi connectivity index (χ0) is 25.8. The molecule has 2 heterocycles. The summed E-state index contributed by atoms with van der Waals surface area (Å²) in [5.74, 6) is 0.864. The second kappa shape index (κ2) is 10.6. The van der Waals surface area contributed by atoms with Gasteiger partial charge in [0.1, 0.15) is 29.4 Å². The summed E-state index contributed by atoms with van der Waals surface area (Å²) in [6, 6.07) is 28.6. The molecule has 1 aliphatic rings. The lowest BCUT2D eigenvalue weighted by Crippen LogP contribution is -2.40. The number of methoxy groups -OCH3 is 1. The molecule has 1 aliphatic heterocycles. The van der Waals surface area contributed by atoms with Gasteiger partial charge in [-0.15, -0.1) is 0 Å². The lowest BCUT2D eigenvalue weighted by molar-refractivity contribution is -0.0706. The standard InChI is InChI=1S/C29H29N3O5/c1-35-23-14-12-22(13-15-23)29(20-8-4-2-5-9-20,21-10-6-3-7-11-21)37-19-25-27(33)24(18-36-25)32-17-16-26(30)31-28(32)34/h2-17,24-25,27,33H,18-19H2,1H3,(H2,30,31,34). The molecule has 37 heavy (non-hydrogen) atoms. The highest BCUT2D eigenvalue weighted by Crippen LogP contribution is 2.41. The highest BCUT2D eigenvalue weighted by Gasteiger charge is 2.42. The van der Waals surface area contributed by atoms with Gasteiger partial charge in [0.25, 0.3) is 0 Å². The summed E-state index contributed by atoms with van der Waals surface area (Å²) in [6.07, 6.45) is -0.122. The molecule has 3 unspecified atom stereocenters. The largest absolute Gasteiger partial charge is 0.497 e. The summed E-state index contributed by atoms with van der Waals surface area (Å²) in [4.78, 5) is 16.1. The first-order valence-electron chi connectivity index (χ1n) is 12.1. The van der Waals surface area contributed by atoms with E-state index in [4.69, 9.17) is 19.9 Å². The molecule has 1 fully saturated rings. The Balaban J connectivity index is 1.52. The fourth-order valence-corrected chi connectivity index (χ4v) is 4.87. The normalized spacial score (nSPS) is 19.6. The van der Waals surface area contributed by atoms with Crippen molar-refractivity contribution < 1.29 is 19.3 Å². The molecule has 4 aromatic rings. The quantitative estimate of drug-likeness (QED) is 0.359. The van der Waals surface area contributed by atoms with Crippen LogP contribution < -0.4 is 16.2 Å². The number of hydrogen-bond acceptors (Lipinski definition) is 7. The van der Waals surface area contributed by atoms with Crippen molar-refractivity contribution >= 4 is 5.82 Å². The second-order valence-electron chi connectivity index (χ2n) is 8.92. The van der Waals surface area contributed by atoms with Gasteiger partial charge in [0.2, 0.25) is 0 Å². The molecule has 0 radical (unpaired) electrons. The molecule has 190 valence electrons. The number of nitrogen functional groups attached to an aromatic ring is 1. The minimum Gasteiger partial charge on any atom is -0.497 e. The molecular formula is C29H29N3O5. The zero-order valence-corrected chi connectivity index (χ0v) is 20.4. The number of anilines is 1. The molecule has 0 saturated carbocycles. The average Bonchev–Trinajstić information content (AvgIpc) is 3.30. The first-order valence-corrected chi connectivity index (χ1v) is 12.1. The third-order valence-corrected chi connectivity index (χ3v) is 6.79. The number of nitrogens with two attached hydrogens (primary N) is 1. The number of aliphatic hydroxyl groups excluding tert-OH is 1. The number of aliphatic hydroxyl groups is 1. The van der Waals surface area contributed by atoms with Crippen molar-refractivity contribution in [3.05, 3.63) is 124 Å². The van der Waals surface area contributed by atoms with E-state index >= 15 is 0 Å². The second-order valence-corrected chi connectivity index (χ2v) is 8.92. The Morgan fingerprint density at radius 3 is 2.14 bits per heavy atom. The molecule has 8 nitrogen and oxygen atoms in total. The van der Waals surface area contributed by atoms with Crippen molar-refractivity contribution in [2.75, 3.05) is 26.1 Å². The molecule has 3 atom stereocenters. The van der Waals surface area contributed by atoms with Gasteiger partial charge in [-0.2, -0.15) is 4.98 Å². The van der Waals surface area contributed by atoms with Gasteiger partial charge >= 0.3 is 5.69 Å². The Labute approximate surface area is 214 Å². The van der Waals surface area contributed by atoms with E-state index in [0.29, 0.717) is 0 Å². The summed E-state index contributed by atoms with van der Waals surface area (Å²) in [5.41, 5.74) is 6.85. The van der Waals surface area contributed by atoms with Gasteiger partial charge in [0.05, 0.1) is 26.4 Å². The van der Waals surface area contributed by atoms with Crippen molar-refractivity contribution in [3.63, 3.8) is 0 Å². The van der Waals surface area contributed by atoms with Crippen LogP contribution in [-0.4, -0.2) is 47.2 Å². The summed E-state index contributed by atoms with van der Waals surface area (Å²) in [7, 11) is 1.63. The van der Waals surface area contributed by atoms with Gasteiger partial charge in [0.15, 0.2) is 0 Å². The van der Waals surface area contributed by atoms with Crippen LogP contribution in [0.1, 0.15) is 22.7 Å². The molecular weight excluding hydrogens is 470 g/mol. The Kier molecular flexibility index (Phi) is 7.05. The monoisotopic (exact) mass is 499 g/mol.